The molecule has 16 heavy (non-hydrogen) atoms. The Kier molecular flexibility index (Phi) is 8.61. The van der Waals surface area contributed by atoms with Gasteiger partial charge in [0.15, 0.2) is 0 Å². The Morgan fingerprint density at radius 3 is 2.56 bits per heavy atom. The topological polar surface area (TPSA) is 72.8 Å². The van der Waals surface area contributed by atoms with Crippen LogP contribution in [0.3, 0.4) is 0 Å². The maximum absolute atomic E-state index is 11.1. The van der Waals surface area contributed by atoms with E-state index in [-0.39, 0.29) is 25.6 Å². The molecule has 0 bridgehead atoms. The normalized spacial score (nSPS) is 12.1. The van der Waals surface area contributed by atoms with E-state index in [0.29, 0.717) is 19.3 Å². The van der Waals surface area contributed by atoms with E-state index in [9.17, 15) is 9.59 Å². The molecule has 6 heteroatoms. The lowest BCUT2D eigenvalue weighted by Crippen LogP contribution is -2.22. The molecule has 2 radical (unpaired) electrons. The Hall–Kier alpha value is -1.04. The molecule has 0 aromatic heterocycles. The van der Waals surface area contributed by atoms with Gasteiger partial charge in [-0.3, -0.25) is 9.59 Å². The van der Waals surface area contributed by atoms with Gasteiger partial charge in [0.2, 0.25) is 0 Å². The summed E-state index contributed by atoms with van der Waals surface area (Å²) < 4.78 is 10.2. The molecule has 0 fully saturated rings. The SMILES string of the molecule is [B]CCOC(CC)COC(=O)CCC(=O)O. The number of carbonyl (C=O) groups is 2. The molecule has 0 aromatic carbocycles. The lowest BCUT2D eigenvalue weighted by Gasteiger charge is -2.15. The second-order valence-corrected chi connectivity index (χ2v) is 3.27. The maximum Gasteiger partial charge on any atom is 0.306 e. The van der Waals surface area contributed by atoms with Crippen LogP contribution in [0.2, 0.25) is 6.32 Å². The standard InChI is InChI=1S/C10H17BO5/c1-2-8(15-6-5-11)7-16-10(14)4-3-9(12)13/h8H,2-7H2,1H3,(H,12,13). The van der Waals surface area contributed by atoms with Gasteiger partial charge in [0.25, 0.3) is 0 Å². The van der Waals surface area contributed by atoms with Crippen LogP contribution >= 0.6 is 0 Å². The minimum Gasteiger partial charge on any atom is -0.481 e. The quantitative estimate of drug-likeness (QED) is 0.466. The molecule has 0 heterocycles. The van der Waals surface area contributed by atoms with Gasteiger partial charge in [0, 0.05) is 6.61 Å². The Morgan fingerprint density at radius 1 is 1.38 bits per heavy atom. The largest absolute Gasteiger partial charge is 0.481 e. The highest BCUT2D eigenvalue weighted by Crippen LogP contribution is 2.01. The van der Waals surface area contributed by atoms with Gasteiger partial charge in [-0.2, -0.15) is 0 Å². The van der Waals surface area contributed by atoms with Crippen molar-refractivity contribution in [3.63, 3.8) is 0 Å². The van der Waals surface area contributed by atoms with Crippen molar-refractivity contribution in [3.05, 3.63) is 0 Å². The van der Waals surface area contributed by atoms with E-state index in [4.69, 9.17) is 22.4 Å². The average Bonchev–Trinajstić information content (AvgIpc) is 2.26. The van der Waals surface area contributed by atoms with Crippen molar-refractivity contribution in [1.29, 1.82) is 0 Å². The lowest BCUT2D eigenvalue weighted by molar-refractivity contribution is -0.151. The van der Waals surface area contributed by atoms with Crippen molar-refractivity contribution in [2.75, 3.05) is 13.2 Å². The number of ether oxygens (including phenoxy) is 2. The molecule has 0 amide bonds. The first-order chi connectivity index (χ1) is 7.60. The van der Waals surface area contributed by atoms with Crippen LogP contribution in [0, 0.1) is 0 Å². The molecular weight excluding hydrogens is 211 g/mol. The predicted molar refractivity (Wildman–Crippen MR) is 58.4 cm³/mol. The van der Waals surface area contributed by atoms with Crippen LogP contribution in [0.15, 0.2) is 0 Å². The fraction of sp³-hybridized carbons (Fsp3) is 0.800. The van der Waals surface area contributed by atoms with Crippen LogP contribution in [-0.2, 0) is 19.1 Å². The Labute approximate surface area is 96.5 Å². The Morgan fingerprint density at radius 2 is 2.06 bits per heavy atom. The van der Waals surface area contributed by atoms with Gasteiger partial charge in [-0.1, -0.05) is 13.2 Å². The number of carboxylic acid groups (broad SMARTS) is 1. The number of esters is 1. The van der Waals surface area contributed by atoms with Gasteiger partial charge in [0.1, 0.15) is 6.61 Å². The zero-order chi connectivity index (χ0) is 12.4. The monoisotopic (exact) mass is 228 g/mol. The average molecular weight is 228 g/mol. The molecule has 0 saturated carbocycles. The molecule has 0 aliphatic rings. The van der Waals surface area contributed by atoms with Crippen molar-refractivity contribution in [2.24, 2.45) is 0 Å². The third-order valence-electron chi connectivity index (χ3n) is 1.90. The van der Waals surface area contributed by atoms with E-state index in [1.54, 1.807) is 0 Å². The summed E-state index contributed by atoms with van der Waals surface area (Å²) >= 11 is 0. The first kappa shape index (κ1) is 15.0. The molecule has 0 spiro atoms. The first-order valence-corrected chi connectivity index (χ1v) is 5.29. The summed E-state index contributed by atoms with van der Waals surface area (Å²) in [6.07, 6.45) is 0.648. The van der Waals surface area contributed by atoms with Gasteiger partial charge in [0.05, 0.1) is 26.8 Å². The summed E-state index contributed by atoms with van der Waals surface area (Å²) in [6.45, 7) is 2.48. The molecule has 0 rings (SSSR count). The Bertz CT molecular complexity index is 219. The highest BCUT2D eigenvalue weighted by Gasteiger charge is 2.11. The second-order valence-electron chi connectivity index (χ2n) is 3.27. The molecule has 0 aliphatic heterocycles. The maximum atomic E-state index is 11.1. The van der Waals surface area contributed by atoms with E-state index < -0.39 is 11.9 Å². The van der Waals surface area contributed by atoms with Gasteiger partial charge < -0.3 is 14.6 Å². The molecule has 0 aliphatic carbocycles. The number of hydrogen-bond acceptors (Lipinski definition) is 4. The zero-order valence-corrected chi connectivity index (χ0v) is 9.48. The molecule has 1 N–H and O–H groups in total. The van der Waals surface area contributed by atoms with E-state index in [0.717, 1.165) is 0 Å². The van der Waals surface area contributed by atoms with Crippen LogP contribution in [-0.4, -0.2) is 44.2 Å². The minimum atomic E-state index is -1.01. The van der Waals surface area contributed by atoms with Crippen LogP contribution in [0.5, 0.6) is 0 Å². The molecule has 5 nitrogen and oxygen atoms in total. The summed E-state index contributed by atoms with van der Waals surface area (Å²) in [5.74, 6) is -1.53. The number of carbonyl (C=O) groups excluding carboxylic acids is 1. The fourth-order valence-electron chi connectivity index (χ4n) is 0.986. The number of hydrogen-bond donors (Lipinski definition) is 1. The Balaban J connectivity index is 3.66. The van der Waals surface area contributed by atoms with E-state index in [1.165, 1.54) is 0 Å². The summed E-state index contributed by atoms with van der Waals surface area (Å²) in [5.41, 5.74) is 0. The first-order valence-electron chi connectivity index (χ1n) is 5.29. The third kappa shape index (κ3) is 8.29. The van der Waals surface area contributed by atoms with Gasteiger partial charge in [-0.25, -0.2) is 0 Å². The number of carboxylic acids is 1. The van der Waals surface area contributed by atoms with E-state index in [2.05, 4.69) is 0 Å². The smallest absolute Gasteiger partial charge is 0.306 e. The van der Waals surface area contributed by atoms with E-state index in [1.807, 2.05) is 6.92 Å². The molecule has 0 aromatic rings. The second kappa shape index (κ2) is 9.21. The molecule has 1 unspecified atom stereocenters. The summed E-state index contributed by atoms with van der Waals surface area (Å²) in [6, 6.07) is 0. The lowest BCUT2D eigenvalue weighted by atomic mass is 10.1. The van der Waals surface area contributed by atoms with Gasteiger partial charge >= 0.3 is 11.9 Å². The van der Waals surface area contributed by atoms with Crippen LogP contribution < -0.4 is 0 Å². The van der Waals surface area contributed by atoms with Crippen molar-refractivity contribution < 1.29 is 24.2 Å². The molecule has 0 saturated heterocycles. The molecular formula is C10H17BO5. The van der Waals surface area contributed by atoms with Crippen LogP contribution in [0.1, 0.15) is 26.2 Å². The van der Waals surface area contributed by atoms with Gasteiger partial charge in [-0.15, -0.1) is 0 Å². The number of rotatable bonds is 9. The van der Waals surface area contributed by atoms with Gasteiger partial charge in [-0.05, 0) is 6.42 Å². The van der Waals surface area contributed by atoms with Crippen molar-refractivity contribution >= 4 is 19.8 Å². The minimum absolute atomic E-state index is 0.108. The zero-order valence-electron chi connectivity index (χ0n) is 9.48. The van der Waals surface area contributed by atoms with Crippen LogP contribution in [0.25, 0.3) is 0 Å². The van der Waals surface area contributed by atoms with E-state index >= 15 is 0 Å². The number of aliphatic carboxylic acids is 1. The molecule has 90 valence electrons. The van der Waals surface area contributed by atoms with Crippen LogP contribution in [0.4, 0.5) is 0 Å². The van der Waals surface area contributed by atoms with Crippen molar-refractivity contribution in [3.8, 4) is 0 Å². The van der Waals surface area contributed by atoms with Crippen molar-refractivity contribution in [2.45, 2.75) is 38.6 Å². The summed E-state index contributed by atoms with van der Waals surface area (Å²) in [7, 11) is 5.27. The summed E-state index contributed by atoms with van der Waals surface area (Å²) in [5, 5.41) is 8.36. The third-order valence-corrected chi connectivity index (χ3v) is 1.90. The fourth-order valence-corrected chi connectivity index (χ4v) is 0.986. The predicted octanol–water partition coefficient (Wildman–Crippen LogP) is 0.776. The molecule has 1 atom stereocenters. The highest BCUT2D eigenvalue weighted by atomic mass is 16.6. The van der Waals surface area contributed by atoms with Crippen molar-refractivity contribution in [1.82, 2.24) is 0 Å². The highest BCUT2D eigenvalue weighted by molar-refractivity contribution is 6.08. The summed E-state index contributed by atoms with van der Waals surface area (Å²) in [4.78, 5) is 21.3.